The Morgan fingerprint density at radius 1 is 1.32 bits per heavy atom. The quantitative estimate of drug-likeness (QED) is 0.578. The fourth-order valence-electron chi connectivity index (χ4n) is 4.14. The van der Waals surface area contributed by atoms with Crippen molar-refractivity contribution in [2.75, 3.05) is 0 Å². The summed E-state index contributed by atoms with van der Waals surface area (Å²) in [5, 5.41) is 0. The Hall–Kier alpha value is -1.31. The molecule has 2 heteroatoms. The van der Waals surface area contributed by atoms with Crippen LogP contribution in [0.4, 0.5) is 0 Å². The molecule has 0 saturated heterocycles. The van der Waals surface area contributed by atoms with Gasteiger partial charge in [0.25, 0.3) is 0 Å². The fourth-order valence-corrected chi connectivity index (χ4v) is 4.14. The highest BCUT2D eigenvalue weighted by Gasteiger charge is 2.65. The topological polar surface area (TPSA) is 17.1 Å². The Kier molecular flexibility index (Phi) is 2.74. The number of benzene rings is 1. The van der Waals surface area contributed by atoms with Crippen molar-refractivity contribution in [2.24, 2.45) is 16.7 Å². The third-order valence-corrected chi connectivity index (χ3v) is 5.51. The van der Waals surface area contributed by atoms with Gasteiger partial charge in [0.05, 0.1) is 7.85 Å². The zero-order valence-corrected chi connectivity index (χ0v) is 11.6. The van der Waals surface area contributed by atoms with Crippen LogP contribution in [0.1, 0.15) is 32.3 Å². The molecule has 2 saturated carbocycles. The van der Waals surface area contributed by atoms with Crippen molar-refractivity contribution < 1.29 is 4.79 Å². The Labute approximate surface area is 116 Å². The average molecular weight is 250 g/mol. The van der Waals surface area contributed by atoms with Crippen molar-refractivity contribution in [3.63, 3.8) is 0 Å². The number of hydrogen-bond acceptors (Lipinski definition) is 1. The summed E-state index contributed by atoms with van der Waals surface area (Å²) < 4.78 is 0. The first-order chi connectivity index (χ1) is 9.03. The maximum Gasteiger partial charge on any atom is 0.165 e. The number of hydrogen-bond donors (Lipinski definition) is 0. The van der Waals surface area contributed by atoms with Crippen molar-refractivity contribution in [3.8, 4) is 0 Å². The van der Waals surface area contributed by atoms with Gasteiger partial charge in [-0.3, -0.25) is 4.79 Å². The van der Waals surface area contributed by atoms with Gasteiger partial charge in [-0.05, 0) is 41.4 Å². The second kappa shape index (κ2) is 4.09. The molecule has 0 heterocycles. The normalized spacial score (nSPS) is 34.1. The van der Waals surface area contributed by atoms with E-state index in [1.807, 2.05) is 30.3 Å². The first-order valence-electron chi connectivity index (χ1n) is 7.04. The van der Waals surface area contributed by atoms with Crippen LogP contribution in [-0.4, -0.2) is 13.6 Å². The molecule has 1 nitrogen and oxygen atoms in total. The summed E-state index contributed by atoms with van der Waals surface area (Å²) in [6.45, 7) is 4.42. The van der Waals surface area contributed by atoms with Crippen LogP contribution in [0.3, 0.4) is 0 Å². The summed E-state index contributed by atoms with van der Waals surface area (Å²) in [6.07, 6.45) is 4.59. The molecule has 0 aliphatic heterocycles. The standard InChI is InChI=1S/C17H19BO/c1-16(2)14-8-9-17(16,11-18)15(19)13(14)10-12-6-4-3-5-7-12/h3-7,10,14H,8-9,11H2,1-2H3/b13-10+. The lowest BCUT2D eigenvalue weighted by atomic mass is 9.62. The number of ketones is 1. The predicted octanol–water partition coefficient (Wildman–Crippen LogP) is 3.66. The van der Waals surface area contributed by atoms with E-state index in [2.05, 4.69) is 19.9 Å². The van der Waals surface area contributed by atoms with E-state index in [4.69, 9.17) is 7.85 Å². The van der Waals surface area contributed by atoms with E-state index in [-0.39, 0.29) is 10.8 Å². The molecule has 0 aromatic heterocycles. The Morgan fingerprint density at radius 3 is 2.58 bits per heavy atom. The van der Waals surface area contributed by atoms with Crippen molar-refractivity contribution in [1.82, 2.24) is 0 Å². The minimum Gasteiger partial charge on any atom is -0.294 e. The van der Waals surface area contributed by atoms with Gasteiger partial charge >= 0.3 is 0 Å². The second-order valence-corrected chi connectivity index (χ2v) is 6.44. The molecule has 0 amide bonds. The molecule has 96 valence electrons. The zero-order valence-electron chi connectivity index (χ0n) is 11.6. The van der Waals surface area contributed by atoms with Crippen LogP contribution >= 0.6 is 0 Å². The molecule has 2 unspecified atom stereocenters. The SMILES string of the molecule is [B]CC12CCC(/C(=C\c3ccccc3)C1=O)C2(C)C. The zero-order chi connectivity index (χ0) is 13.7. The lowest BCUT2D eigenvalue weighted by Crippen LogP contribution is -2.35. The van der Waals surface area contributed by atoms with E-state index in [1.165, 1.54) is 0 Å². The summed E-state index contributed by atoms with van der Waals surface area (Å²) in [5.41, 5.74) is 1.78. The van der Waals surface area contributed by atoms with E-state index in [0.29, 0.717) is 18.0 Å². The van der Waals surface area contributed by atoms with E-state index in [1.54, 1.807) is 0 Å². The predicted molar refractivity (Wildman–Crippen MR) is 78.9 cm³/mol. The fraction of sp³-hybridized carbons (Fsp3) is 0.471. The third kappa shape index (κ3) is 1.52. The summed E-state index contributed by atoms with van der Waals surface area (Å²) in [4.78, 5) is 12.8. The van der Waals surface area contributed by atoms with Gasteiger partial charge in [0.15, 0.2) is 5.78 Å². The number of carbonyl (C=O) groups is 1. The average Bonchev–Trinajstić information content (AvgIpc) is 2.75. The molecule has 2 atom stereocenters. The molecule has 2 aliphatic rings. The first-order valence-corrected chi connectivity index (χ1v) is 7.04. The van der Waals surface area contributed by atoms with Crippen LogP contribution in [0.15, 0.2) is 35.9 Å². The monoisotopic (exact) mass is 250 g/mol. The van der Waals surface area contributed by atoms with Crippen LogP contribution in [-0.2, 0) is 4.79 Å². The van der Waals surface area contributed by atoms with E-state index in [9.17, 15) is 4.79 Å². The lowest BCUT2D eigenvalue weighted by Gasteiger charge is -2.35. The largest absolute Gasteiger partial charge is 0.294 e. The molecule has 2 aliphatic carbocycles. The molecule has 19 heavy (non-hydrogen) atoms. The van der Waals surface area contributed by atoms with E-state index in [0.717, 1.165) is 24.0 Å². The smallest absolute Gasteiger partial charge is 0.165 e. The minimum absolute atomic E-state index is 0.000549. The van der Waals surface area contributed by atoms with Gasteiger partial charge < -0.3 is 0 Å². The lowest BCUT2D eigenvalue weighted by molar-refractivity contribution is -0.125. The summed E-state index contributed by atoms with van der Waals surface area (Å²) >= 11 is 0. The maximum atomic E-state index is 12.8. The Morgan fingerprint density at radius 2 is 2.00 bits per heavy atom. The van der Waals surface area contributed by atoms with Crippen molar-refractivity contribution in [2.45, 2.75) is 33.0 Å². The van der Waals surface area contributed by atoms with Crippen molar-refractivity contribution in [1.29, 1.82) is 0 Å². The van der Waals surface area contributed by atoms with Gasteiger partial charge in [-0.1, -0.05) is 50.5 Å². The first kappa shape index (κ1) is 12.7. The molecular formula is C17H19BO. The molecule has 2 radical (unpaired) electrons. The summed E-state index contributed by atoms with van der Waals surface area (Å²) in [6, 6.07) is 10.1. The highest BCUT2D eigenvalue weighted by molar-refractivity contribution is 6.16. The number of fused-ring (bicyclic) bond motifs is 2. The maximum absolute atomic E-state index is 12.8. The van der Waals surface area contributed by atoms with E-state index >= 15 is 0 Å². The summed E-state index contributed by atoms with van der Waals surface area (Å²) in [7, 11) is 5.98. The molecule has 1 aromatic carbocycles. The van der Waals surface area contributed by atoms with Crippen LogP contribution in [0, 0.1) is 16.7 Å². The van der Waals surface area contributed by atoms with Gasteiger partial charge in [0.2, 0.25) is 0 Å². The number of allylic oxidation sites excluding steroid dienone is 1. The molecule has 2 bridgehead atoms. The van der Waals surface area contributed by atoms with Crippen LogP contribution < -0.4 is 0 Å². The second-order valence-electron chi connectivity index (χ2n) is 6.44. The highest BCUT2D eigenvalue weighted by Crippen LogP contribution is 2.67. The van der Waals surface area contributed by atoms with Gasteiger partial charge in [0.1, 0.15) is 0 Å². The Balaban J connectivity index is 2.07. The van der Waals surface area contributed by atoms with Gasteiger partial charge in [-0.2, -0.15) is 0 Å². The van der Waals surface area contributed by atoms with E-state index < -0.39 is 0 Å². The van der Waals surface area contributed by atoms with Crippen molar-refractivity contribution in [3.05, 3.63) is 41.5 Å². The van der Waals surface area contributed by atoms with Gasteiger partial charge in [-0.25, -0.2) is 0 Å². The van der Waals surface area contributed by atoms with Crippen LogP contribution in [0.2, 0.25) is 6.32 Å². The number of carbonyl (C=O) groups excluding carboxylic acids is 1. The molecule has 1 aromatic rings. The molecule has 0 spiro atoms. The van der Waals surface area contributed by atoms with Gasteiger partial charge in [-0.15, -0.1) is 0 Å². The number of rotatable bonds is 2. The van der Waals surface area contributed by atoms with Crippen LogP contribution in [0.5, 0.6) is 0 Å². The molecule has 0 N–H and O–H groups in total. The Bertz CT molecular complexity index is 544. The van der Waals surface area contributed by atoms with Gasteiger partial charge in [0, 0.05) is 5.41 Å². The van der Waals surface area contributed by atoms with Crippen molar-refractivity contribution >= 4 is 19.7 Å². The summed E-state index contributed by atoms with van der Waals surface area (Å²) in [5.74, 6) is 0.656. The molecule has 3 rings (SSSR count). The third-order valence-electron chi connectivity index (χ3n) is 5.51. The molecular weight excluding hydrogens is 231 g/mol. The highest BCUT2D eigenvalue weighted by atomic mass is 16.1. The van der Waals surface area contributed by atoms with Crippen LogP contribution in [0.25, 0.3) is 6.08 Å². The number of Topliss-reactive ketones (excluding diaryl/α,β-unsaturated/α-hetero) is 1. The minimum atomic E-state index is -0.321. The molecule has 2 fully saturated rings.